The van der Waals surface area contributed by atoms with Gasteiger partial charge >= 0.3 is 0 Å². The Labute approximate surface area is 121 Å². The molecule has 0 fully saturated rings. The van der Waals surface area contributed by atoms with Crippen LogP contribution in [-0.2, 0) is 13.0 Å². The first-order chi connectivity index (χ1) is 9.70. The van der Waals surface area contributed by atoms with Crippen LogP contribution in [0.4, 0.5) is 5.13 Å². The van der Waals surface area contributed by atoms with Crippen molar-refractivity contribution < 1.29 is 9.47 Å². The molecule has 1 aromatic heterocycles. The van der Waals surface area contributed by atoms with E-state index in [2.05, 4.69) is 29.4 Å². The number of rotatable bonds is 5. The lowest BCUT2D eigenvalue weighted by atomic mass is 10.1. The molecule has 2 heterocycles. The molecule has 0 saturated carbocycles. The normalized spacial score (nSPS) is 12.9. The Kier molecular flexibility index (Phi) is 3.73. The van der Waals surface area contributed by atoms with Crippen molar-refractivity contribution in [3.63, 3.8) is 0 Å². The van der Waals surface area contributed by atoms with Gasteiger partial charge in [-0.25, -0.2) is 0 Å². The fourth-order valence-corrected chi connectivity index (χ4v) is 2.93. The topological polar surface area (TPSA) is 56.3 Å². The number of nitrogens with zero attached hydrogens (tertiary/aromatic N) is 2. The molecule has 1 N–H and O–H groups in total. The average Bonchev–Trinajstić information content (AvgIpc) is 3.03. The molecule has 1 aliphatic heterocycles. The number of benzene rings is 1. The second-order valence-electron chi connectivity index (χ2n) is 5.14. The van der Waals surface area contributed by atoms with E-state index in [-0.39, 0.29) is 0 Å². The van der Waals surface area contributed by atoms with E-state index in [9.17, 15) is 0 Å². The van der Waals surface area contributed by atoms with Crippen LogP contribution in [0.3, 0.4) is 0 Å². The zero-order valence-corrected chi connectivity index (χ0v) is 12.4. The van der Waals surface area contributed by atoms with E-state index in [1.807, 2.05) is 18.2 Å². The maximum Gasteiger partial charge on any atom is 0.231 e. The van der Waals surface area contributed by atoms with Gasteiger partial charge < -0.3 is 14.8 Å². The van der Waals surface area contributed by atoms with Crippen molar-refractivity contribution >= 4 is 16.5 Å². The Morgan fingerprint density at radius 3 is 2.95 bits per heavy atom. The molecule has 0 bridgehead atoms. The third kappa shape index (κ3) is 3.01. The summed E-state index contributed by atoms with van der Waals surface area (Å²) in [6, 6.07) is 5.95. The molecule has 1 aromatic carbocycles. The van der Waals surface area contributed by atoms with Gasteiger partial charge in [-0.3, -0.25) is 0 Å². The van der Waals surface area contributed by atoms with Crippen LogP contribution in [-0.4, -0.2) is 17.0 Å². The van der Waals surface area contributed by atoms with Gasteiger partial charge in [0.25, 0.3) is 0 Å². The summed E-state index contributed by atoms with van der Waals surface area (Å²) in [5, 5.41) is 13.6. The third-order valence-electron chi connectivity index (χ3n) is 2.93. The highest BCUT2D eigenvalue weighted by molar-refractivity contribution is 7.15. The number of ether oxygens (including phenoxy) is 2. The minimum Gasteiger partial charge on any atom is -0.454 e. The number of hydrogen-bond donors (Lipinski definition) is 1. The average molecular weight is 291 g/mol. The molecule has 2 aromatic rings. The summed E-state index contributed by atoms with van der Waals surface area (Å²) < 4.78 is 10.7. The van der Waals surface area contributed by atoms with Crippen LogP contribution in [0.15, 0.2) is 18.2 Å². The van der Waals surface area contributed by atoms with Gasteiger partial charge in [-0.05, 0) is 23.6 Å². The van der Waals surface area contributed by atoms with E-state index < -0.39 is 0 Å². The highest BCUT2D eigenvalue weighted by Gasteiger charge is 2.13. The summed E-state index contributed by atoms with van der Waals surface area (Å²) in [5.74, 6) is 2.22. The zero-order chi connectivity index (χ0) is 13.9. The molecule has 20 heavy (non-hydrogen) atoms. The maximum absolute atomic E-state index is 5.36. The van der Waals surface area contributed by atoms with Crippen LogP contribution < -0.4 is 14.8 Å². The molecule has 6 heteroatoms. The largest absolute Gasteiger partial charge is 0.454 e. The number of aromatic nitrogens is 2. The first-order valence-corrected chi connectivity index (χ1v) is 7.47. The molecule has 1 aliphatic rings. The fraction of sp³-hybridized carbons (Fsp3) is 0.429. The number of anilines is 1. The minimum absolute atomic E-state index is 0.307. The van der Waals surface area contributed by atoms with Gasteiger partial charge in [0.05, 0.1) is 0 Å². The van der Waals surface area contributed by atoms with Crippen LogP contribution in [0.1, 0.15) is 24.4 Å². The Morgan fingerprint density at radius 1 is 1.25 bits per heavy atom. The molecule has 0 spiro atoms. The third-order valence-corrected chi connectivity index (χ3v) is 3.83. The molecule has 0 amide bonds. The molecule has 3 rings (SSSR count). The van der Waals surface area contributed by atoms with Crippen LogP contribution >= 0.6 is 11.3 Å². The Hall–Kier alpha value is -1.82. The number of nitrogens with one attached hydrogen (secondary N) is 1. The van der Waals surface area contributed by atoms with E-state index in [0.29, 0.717) is 19.3 Å². The van der Waals surface area contributed by atoms with Crippen molar-refractivity contribution in [2.24, 2.45) is 5.92 Å². The molecule has 0 aliphatic carbocycles. The lowest BCUT2D eigenvalue weighted by molar-refractivity contribution is 0.174. The SMILES string of the molecule is CC(C)Cc1nnc(NCc2ccc3c(c2)OCO3)s1. The van der Waals surface area contributed by atoms with Crippen molar-refractivity contribution in [2.75, 3.05) is 12.1 Å². The molecule has 5 nitrogen and oxygen atoms in total. The van der Waals surface area contributed by atoms with Gasteiger partial charge in [0.2, 0.25) is 11.9 Å². The predicted molar refractivity (Wildman–Crippen MR) is 78.3 cm³/mol. The summed E-state index contributed by atoms with van der Waals surface area (Å²) in [4.78, 5) is 0. The monoisotopic (exact) mass is 291 g/mol. The molecule has 0 radical (unpaired) electrons. The summed E-state index contributed by atoms with van der Waals surface area (Å²) in [7, 11) is 0. The van der Waals surface area contributed by atoms with Gasteiger partial charge in [0, 0.05) is 13.0 Å². The number of fused-ring (bicyclic) bond motifs is 1. The van der Waals surface area contributed by atoms with Gasteiger partial charge in [-0.15, -0.1) is 10.2 Å². The Bertz CT molecular complexity index is 598. The minimum atomic E-state index is 0.307. The fourth-order valence-electron chi connectivity index (χ4n) is 1.99. The second kappa shape index (κ2) is 5.66. The van der Waals surface area contributed by atoms with E-state index in [0.717, 1.165) is 33.6 Å². The summed E-state index contributed by atoms with van der Waals surface area (Å²) >= 11 is 1.62. The molecular formula is C14H17N3O2S. The summed E-state index contributed by atoms with van der Waals surface area (Å²) in [5.41, 5.74) is 1.13. The molecule has 0 unspecified atom stereocenters. The smallest absolute Gasteiger partial charge is 0.231 e. The first kappa shape index (κ1) is 13.2. The van der Waals surface area contributed by atoms with E-state index >= 15 is 0 Å². The van der Waals surface area contributed by atoms with Crippen LogP contribution in [0.2, 0.25) is 0 Å². The second-order valence-corrected chi connectivity index (χ2v) is 6.20. The van der Waals surface area contributed by atoms with E-state index in [1.165, 1.54) is 0 Å². The van der Waals surface area contributed by atoms with Crippen molar-refractivity contribution in [2.45, 2.75) is 26.8 Å². The summed E-state index contributed by atoms with van der Waals surface area (Å²) in [6.45, 7) is 5.37. The molecular weight excluding hydrogens is 274 g/mol. The maximum atomic E-state index is 5.36. The lowest BCUT2D eigenvalue weighted by Crippen LogP contribution is -1.98. The number of hydrogen-bond acceptors (Lipinski definition) is 6. The van der Waals surface area contributed by atoms with Crippen molar-refractivity contribution in [3.05, 3.63) is 28.8 Å². The van der Waals surface area contributed by atoms with Crippen molar-refractivity contribution in [1.29, 1.82) is 0 Å². The summed E-state index contributed by atoms with van der Waals surface area (Å²) in [6.07, 6.45) is 0.976. The molecule has 106 valence electrons. The van der Waals surface area contributed by atoms with Crippen molar-refractivity contribution in [3.8, 4) is 11.5 Å². The Balaban J connectivity index is 1.60. The Morgan fingerprint density at radius 2 is 2.10 bits per heavy atom. The van der Waals surface area contributed by atoms with Gasteiger partial charge in [-0.2, -0.15) is 0 Å². The highest BCUT2D eigenvalue weighted by atomic mass is 32.1. The van der Waals surface area contributed by atoms with Gasteiger partial charge in [0.1, 0.15) is 5.01 Å². The first-order valence-electron chi connectivity index (χ1n) is 6.65. The quantitative estimate of drug-likeness (QED) is 0.917. The van der Waals surface area contributed by atoms with E-state index in [1.54, 1.807) is 11.3 Å². The molecule has 0 atom stereocenters. The van der Waals surface area contributed by atoms with Crippen LogP contribution in [0, 0.1) is 5.92 Å². The molecule has 0 saturated heterocycles. The standard InChI is InChI=1S/C14H17N3O2S/c1-9(2)5-13-16-17-14(20-13)15-7-10-3-4-11-12(6-10)19-8-18-11/h3-4,6,9H,5,7-8H2,1-2H3,(H,15,17). The van der Waals surface area contributed by atoms with Crippen LogP contribution in [0.25, 0.3) is 0 Å². The predicted octanol–water partition coefficient (Wildman–Crippen LogP) is 3.08. The lowest BCUT2D eigenvalue weighted by Gasteiger charge is -2.03. The highest BCUT2D eigenvalue weighted by Crippen LogP contribution is 2.32. The van der Waals surface area contributed by atoms with Gasteiger partial charge in [-0.1, -0.05) is 31.3 Å². The zero-order valence-electron chi connectivity index (χ0n) is 11.5. The van der Waals surface area contributed by atoms with E-state index in [4.69, 9.17) is 9.47 Å². The van der Waals surface area contributed by atoms with Crippen molar-refractivity contribution in [1.82, 2.24) is 10.2 Å². The van der Waals surface area contributed by atoms with Gasteiger partial charge in [0.15, 0.2) is 11.5 Å². The van der Waals surface area contributed by atoms with Crippen LogP contribution in [0.5, 0.6) is 11.5 Å².